The van der Waals surface area contributed by atoms with Crippen LogP contribution in [0.4, 0.5) is 0 Å². The van der Waals surface area contributed by atoms with E-state index in [1.807, 2.05) is 36.4 Å². The Hall–Kier alpha value is -2.86. The molecule has 3 nitrogen and oxygen atoms in total. The van der Waals surface area contributed by atoms with Crippen molar-refractivity contribution in [2.75, 3.05) is 0 Å². The van der Waals surface area contributed by atoms with Gasteiger partial charge in [0, 0.05) is 10.8 Å². The first kappa shape index (κ1) is 11.2. The molecular weight excluding hydrogens is 236 g/mol. The van der Waals surface area contributed by atoms with Gasteiger partial charge in [0.1, 0.15) is 6.07 Å². The Bertz CT molecular complexity index is 842. The molecule has 1 N–H and O–H groups in total. The highest BCUT2D eigenvalue weighted by Crippen LogP contribution is 2.25. The van der Waals surface area contributed by atoms with Crippen LogP contribution in [0.15, 0.2) is 59.4 Å². The van der Waals surface area contributed by atoms with Gasteiger partial charge in [0.05, 0.1) is 11.3 Å². The molecule has 3 rings (SSSR count). The van der Waals surface area contributed by atoms with Gasteiger partial charge in [0.15, 0.2) is 0 Å². The number of hydrogen-bond acceptors (Lipinski definition) is 2. The van der Waals surface area contributed by atoms with E-state index in [1.165, 1.54) is 0 Å². The van der Waals surface area contributed by atoms with Crippen LogP contribution < -0.4 is 5.56 Å². The van der Waals surface area contributed by atoms with Gasteiger partial charge in [-0.15, -0.1) is 0 Å². The van der Waals surface area contributed by atoms with E-state index in [9.17, 15) is 10.1 Å². The lowest BCUT2D eigenvalue weighted by atomic mass is 10.0. The highest BCUT2D eigenvalue weighted by Gasteiger charge is 2.11. The van der Waals surface area contributed by atoms with E-state index in [4.69, 9.17) is 0 Å². The SMILES string of the molecule is N#Cc1c(-c2ccccc2)[nH]c(=O)c2ccccc12. The summed E-state index contributed by atoms with van der Waals surface area (Å²) in [7, 11) is 0. The molecule has 0 amide bonds. The number of nitrogens with zero attached hydrogens (tertiary/aromatic N) is 1. The molecule has 3 heteroatoms. The second kappa shape index (κ2) is 4.43. The fourth-order valence-electron chi connectivity index (χ4n) is 2.21. The first-order valence-corrected chi connectivity index (χ1v) is 5.92. The molecule has 0 radical (unpaired) electrons. The van der Waals surface area contributed by atoms with Gasteiger partial charge < -0.3 is 4.98 Å². The van der Waals surface area contributed by atoms with E-state index in [-0.39, 0.29) is 5.56 Å². The number of nitrogens with one attached hydrogen (secondary N) is 1. The zero-order chi connectivity index (χ0) is 13.2. The van der Waals surface area contributed by atoms with Crippen molar-refractivity contribution in [3.63, 3.8) is 0 Å². The Balaban J connectivity index is 2.45. The average Bonchev–Trinajstić information content (AvgIpc) is 2.48. The number of hydrogen-bond donors (Lipinski definition) is 1. The minimum Gasteiger partial charge on any atom is -0.320 e. The summed E-state index contributed by atoms with van der Waals surface area (Å²) in [5, 5.41) is 10.6. The summed E-state index contributed by atoms with van der Waals surface area (Å²) in [6.07, 6.45) is 0. The summed E-state index contributed by atoms with van der Waals surface area (Å²) in [5.41, 5.74) is 1.74. The molecule has 3 aromatic rings. The fraction of sp³-hybridized carbons (Fsp3) is 0. The second-order valence-electron chi connectivity index (χ2n) is 4.23. The van der Waals surface area contributed by atoms with E-state index in [1.54, 1.807) is 18.2 Å². The van der Waals surface area contributed by atoms with Gasteiger partial charge in [-0.3, -0.25) is 4.79 Å². The zero-order valence-corrected chi connectivity index (χ0v) is 10.1. The molecule has 0 fully saturated rings. The Labute approximate surface area is 109 Å². The Kier molecular flexibility index (Phi) is 2.62. The number of rotatable bonds is 1. The van der Waals surface area contributed by atoms with Gasteiger partial charge >= 0.3 is 0 Å². The van der Waals surface area contributed by atoms with Gasteiger partial charge in [-0.05, 0) is 11.6 Å². The van der Waals surface area contributed by atoms with Crippen molar-refractivity contribution in [3.05, 3.63) is 70.5 Å². The van der Waals surface area contributed by atoms with E-state index in [0.717, 1.165) is 5.56 Å². The third-order valence-electron chi connectivity index (χ3n) is 3.10. The number of fused-ring (bicyclic) bond motifs is 1. The quantitative estimate of drug-likeness (QED) is 0.717. The number of benzene rings is 2. The predicted molar refractivity (Wildman–Crippen MR) is 74.7 cm³/mol. The fourth-order valence-corrected chi connectivity index (χ4v) is 2.21. The van der Waals surface area contributed by atoms with Crippen LogP contribution in [-0.4, -0.2) is 4.98 Å². The molecule has 0 aliphatic heterocycles. The van der Waals surface area contributed by atoms with Crippen LogP contribution in [0.3, 0.4) is 0 Å². The lowest BCUT2D eigenvalue weighted by Gasteiger charge is -2.07. The minimum absolute atomic E-state index is 0.173. The summed E-state index contributed by atoms with van der Waals surface area (Å²) in [6.45, 7) is 0. The van der Waals surface area contributed by atoms with Crippen molar-refractivity contribution in [1.82, 2.24) is 4.98 Å². The molecule has 90 valence electrons. The van der Waals surface area contributed by atoms with E-state index in [0.29, 0.717) is 22.0 Å². The molecule has 1 aromatic heterocycles. The molecule has 0 unspecified atom stereocenters. The highest BCUT2D eigenvalue weighted by molar-refractivity contribution is 5.92. The van der Waals surface area contributed by atoms with Gasteiger partial charge in [0.2, 0.25) is 0 Å². The largest absolute Gasteiger partial charge is 0.320 e. The summed E-state index contributed by atoms with van der Waals surface area (Å²) in [6, 6.07) is 18.8. The molecule has 0 atom stereocenters. The number of pyridine rings is 1. The topological polar surface area (TPSA) is 56.6 Å². The molecule has 0 bridgehead atoms. The first-order chi connectivity index (χ1) is 9.31. The third-order valence-corrected chi connectivity index (χ3v) is 3.10. The van der Waals surface area contributed by atoms with Crippen molar-refractivity contribution < 1.29 is 0 Å². The van der Waals surface area contributed by atoms with Gasteiger partial charge in [-0.2, -0.15) is 5.26 Å². The molecule has 0 saturated carbocycles. The summed E-state index contributed by atoms with van der Waals surface area (Å²) in [4.78, 5) is 14.9. The van der Waals surface area contributed by atoms with Crippen LogP contribution in [0.1, 0.15) is 5.56 Å². The predicted octanol–water partition coefficient (Wildman–Crippen LogP) is 3.07. The standard InChI is InChI=1S/C16H10N2O/c17-10-14-12-8-4-5-9-13(12)16(19)18-15(14)11-6-2-1-3-7-11/h1-9H,(H,18,19). The van der Waals surface area contributed by atoms with Crippen LogP contribution in [-0.2, 0) is 0 Å². The first-order valence-electron chi connectivity index (χ1n) is 5.92. The molecule has 1 heterocycles. The Morgan fingerprint density at radius 3 is 2.21 bits per heavy atom. The van der Waals surface area contributed by atoms with Crippen molar-refractivity contribution in [2.45, 2.75) is 0 Å². The van der Waals surface area contributed by atoms with Crippen LogP contribution >= 0.6 is 0 Å². The van der Waals surface area contributed by atoms with Crippen LogP contribution in [0.25, 0.3) is 22.0 Å². The number of H-pyrrole nitrogens is 1. The van der Waals surface area contributed by atoms with Gasteiger partial charge in [-0.1, -0.05) is 48.5 Å². The number of aromatic amines is 1. The maximum Gasteiger partial charge on any atom is 0.256 e. The molecule has 19 heavy (non-hydrogen) atoms. The molecule has 0 aliphatic carbocycles. The maximum atomic E-state index is 12.1. The smallest absolute Gasteiger partial charge is 0.256 e. The van der Waals surface area contributed by atoms with E-state index < -0.39 is 0 Å². The minimum atomic E-state index is -0.173. The molecule has 2 aromatic carbocycles. The van der Waals surface area contributed by atoms with Crippen LogP contribution in [0.2, 0.25) is 0 Å². The lowest BCUT2D eigenvalue weighted by molar-refractivity contribution is 1.26. The maximum absolute atomic E-state index is 12.1. The van der Waals surface area contributed by atoms with E-state index in [2.05, 4.69) is 11.1 Å². The van der Waals surface area contributed by atoms with Crippen molar-refractivity contribution in [3.8, 4) is 17.3 Å². The second-order valence-corrected chi connectivity index (χ2v) is 4.23. The van der Waals surface area contributed by atoms with Crippen molar-refractivity contribution in [1.29, 1.82) is 5.26 Å². The van der Waals surface area contributed by atoms with Gasteiger partial charge in [0.25, 0.3) is 5.56 Å². The van der Waals surface area contributed by atoms with Crippen molar-refractivity contribution in [2.24, 2.45) is 0 Å². The van der Waals surface area contributed by atoms with Crippen LogP contribution in [0.5, 0.6) is 0 Å². The normalized spacial score (nSPS) is 10.3. The molecule has 0 saturated heterocycles. The molecule has 0 aliphatic rings. The summed E-state index contributed by atoms with van der Waals surface area (Å²) < 4.78 is 0. The third kappa shape index (κ3) is 1.80. The van der Waals surface area contributed by atoms with E-state index >= 15 is 0 Å². The average molecular weight is 246 g/mol. The monoisotopic (exact) mass is 246 g/mol. The van der Waals surface area contributed by atoms with Crippen LogP contribution in [0, 0.1) is 11.3 Å². The summed E-state index contributed by atoms with van der Waals surface area (Å²) >= 11 is 0. The number of nitriles is 1. The Morgan fingerprint density at radius 1 is 0.895 bits per heavy atom. The molecule has 0 spiro atoms. The zero-order valence-electron chi connectivity index (χ0n) is 10.1. The van der Waals surface area contributed by atoms with Crippen molar-refractivity contribution >= 4 is 10.8 Å². The number of aromatic nitrogens is 1. The molecular formula is C16H10N2O. The summed E-state index contributed by atoms with van der Waals surface area (Å²) in [5.74, 6) is 0. The highest BCUT2D eigenvalue weighted by atomic mass is 16.1. The Morgan fingerprint density at radius 2 is 1.53 bits per heavy atom. The lowest BCUT2D eigenvalue weighted by Crippen LogP contribution is -2.09. The van der Waals surface area contributed by atoms with Gasteiger partial charge in [-0.25, -0.2) is 0 Å².